The number of halogens is 2. The Bertz CT molecular complexity index is 364. The molecule has 0 aliphatic rings. The summed E-state index contributed by atoms with van der Waals surface area (Å²) < 4.78 is 0. The largest absolute Gasteiger partial charge is 0.310 e. The second kappa shape index (κ2) is 8.04. The first-order valence-electron chi connectivity index (χ1n) is 6.73. The molecule has 3 heteroatoms. The first-order valence-corrected chi connectivity index (χ1v) is 7.48. The Morgan fingerprint density at radius 1 is 1.17 bits per heavy atom. The Hall–Kier alpha value is -0.240. The van der Waals surface area contributed by atoms with Gasteiger partial charge in [0.15, 0.2) is 0 Å². The number of nitrogens with one attached hydrogen (secondary N) is 1. The molecule has 1 atom stereocenters. The maximum Gasteiger partial charge on any atom is 0.0595 e. The summed E-state index contributed by atoms with van der Waals surface area (Å²) in [5, 5.41) is 4.84. The number of rotatable bonds is 7. The van der Waals surface area contributed by atoms with Crippen molar-refractivity contribution in [3.63, 3.8) is 0 Å². The fourth-order valence-corrected chi connectivity index (χ4v) is 2.32. The van der Waals surface area contributed by atoms with Crippen molar-refractivity contribution >= 4 is 23.2 Å². The molecule has 1 aromatic rings. The highest BCUT2D eigenvalue weighted by Gasteiger charge is 2.10. The maximum atomic E-state index is 6.06. The molecule has 1 rings (SSSR count). The van der Waals surface area contributed by atoms with Crippen LogP contribution in [-0.4, -0.2) is 6.54 Å². The SMILES string of the molecule is CCC(NCCCC(C)C)c1ccc(Cl)c(Cl)c1. The van der Waals surface area contributed by atoms with Gasteiger partial charge in [-0.3, -0.25) is 0 Å². The van der Waals surface area contributed by atoms with Gasteiger partial charge < -0.3 is 5.32 Å². The van der Waals surface area contributed by atoms with Crippen molar-refractivity contribution in [3.8, 4) is 0 Å². The second-order valence-corrected chi connectivity index (χ2v) is 5.94. The minimum Gasteiger partial charge on any atom is -0.310 e. The summed E-state index contributed by atoms with van der Waals surface area (Å²) in [4.78, 5) is 0. The quantitative estimate of drug-likeness (QED) is 0.656. The predicted octanol–water partition coefficient (Wildman–Crippen LogP) is 5.47. The van der Waals surface area contributed by atoms with E-state index in [2.05, 4.69) is 32.2 Å². The molecule has 102 valence electrons. The van der Waals surface area contributed by atoms with Crippen LogP contribution < -0.4 is 5.32 Å². The summed E-state index contributed by atoms with van der Waals surface area (Å²) in [6, 6.07) is 6.26. The third kappa shape index (κ3) is 5.17. The van der Waals surface area contributed by atoms with E-state index in [1.54, 1.807) is 0 Å². The molecule has 1 N–H and O–H groups in total. The van der Waals surface area contributed by atoms with Crippen molar-refractivity contribution in [2.45, 2.75) is 46.1 Å². The Kier molecular flexibility index (Phi) is 7.06. The van der Waals surface area contributed by atoms with E-state index in [0.717, 1.165) is 18.9 Å². The second-order valence-electron chi connectivity index (χ2n) is 5.12. The summed E-state index contributed by atoms with van der Waals surface area (Å²) >= 11 is 12.0. The molecule has 1 aromatic carbocycles. The molecule has 0 heterocycles. The Morgan fingerprint density at radius 2 is 1.89 bits per heavy atom. The topological polar surface area (TPSA) is 12.0 Å². The molecular formula is C15H23Cl2N. The minimum absolute atomic E-state index is 0.368. The fourth-order valence-electron chi connectivity index (χ4n) is 2.01. The van der Waals surface area contributed by atoms with Gasteiger partial charge in [-0.15, -0.1) is 0 Å². The predicted molar refractivity (Wildman–Crippen MR) is 81.6 cm³/mol. The maximum absolute atomic E-state index is 6.06. The zero-order valence-corrected chi connectivity index (χ0v) is 13.0. The monoisotopic (exact) mass is 287 g/mol. The van der Waals surface area contributed by atoms with Crippen LogP contribution in [0.3, 0.4) is 0 Å². The molecule has 1 unspecified atom stereocenters. The number of benzene rings is 1. The van der Waals surface area contributed by atoms with E-state index in [1.807, 2.05) is 12.1 Å². The molecule has 0 radical (unpaired) electrons. The molecule has 0 bridgehead atoms. The average molecular weight is 288 g/mol. The van der Waals surface area contributed by atoms with Crippen LogP contribution in [-0.2, 0) is 0 Å². The Labute approximate surface area is 121 Å². The van der Waals surface area contributed by atoms with Crippen molar-refractivity contribution < 1.29 is 0 Å². The van der Waals surface area contributed by atoms with E-state index >= 15 is 0 Å². The summed E-state index contributed by atoms with van der Waals surface area (Å²) in [5.41, 5.74) is 1.22. The van der Waals surface area contributed by atoms with Gasteiger partial charge in [0.1, 0.15) is 0 Å². The van der Waals surface area contributed by atoms with Crippen LogP contribution in [0.25, 0.3) is 0 Å². The first-order chi connectivity index (χ1) is 8.54. The van der Waals surface area contributed by atoms with Crippen molar-refractivity contribution in [2.75, 3.05) is 6.54 Å². The zero-order chi connectivity index (χ0) is 13.5. The van der Waals surface area contributed by atoms with E-state index in [-0.39, 0.29) is 0 Å². The van der Waals surface area contributed by atoms with Crippen LogP contribution in [0.1, 0.15) is 51.6 Å². The molecule has 0 aliphatic heterocycles. The van der Waals surface area contributed by atoms with Gasteiger partial charge in [0.2, 0.25) is 0 Å². The lowest BCUT2D eigenvalue weighted by molar-refractivity contribution is 0.473. The zero-order valence-electron chi connectivity index (χ0n) is 11.5. The molecule has 0 aliphatic carbocycles. The highest BCUT2D eigenvalue weighted by atomic mass is 35.5. The molecule has 0 saturated heterocycles. The molecule has 1 nitrogen and oxygen atoms in total. The van der Waals surface area contributed by atoms with Crippen LogP contribution >= 0.6 is 23.2 Å². The van der Waals surface area contributed by atoms with Gasteiger partial charge in [-0.1, -0.05) is 50.0 Å². The molecule has 0 spiro atoms. The van der Waals surface area contributed by atoms with E-state index < -0.39 is 0 Å². The molecule has 18 heavy (non-hydrogen) atoms. The summed E-state index contributed by atoms with van der Waals surface area (Å²) in [6.45, 7) is 7.76. The highest BCUT2D eigenvalue weighted by molar-refractivity contribution is 6.42. The van der Waals surface area contributed by atoms with E-state index in [4.69, 9.17) is 23.2 Å². The summed E-state index contributed by atoms with van der Waals surface area (Å²) in [5.74, 6) is 0.775. The van der Waals surface area contributed by atoms with Crippen molar-refractivity contribution in [2.24, 2.45) is 5.92 Å². The molecule has 0 amide bonds. The standard InChI is InChI=1S/C15H23Cl2N/c1-4-15(18-9-5-6-11(2)3)12-7-8-13(16)14(17)10-12/h7-8,10-11,15,18H,4-6,9H2,1-3H3. The van der Waals surface area contributed by atoms with Crippen LogP contribution in [0.15, 0.2) is 18.2 Å². The van der Waals surface area contributed by atoms with E-state index in [1.165, 1.54) is 18.4 Å². The lowest BCUT2D eigenvalue weighted by Gasteiger charge is -2.18. The van der Waals surface area contributed by atoms with Crippen molar-refractivity contribution in [3.05, 3.63) is 33.8 Å². The van der Waals surface area contributed by atoms with Gasteiger partial charge in [-0.25, -0.2) is 0 Å². The van der Waals surface area contributed by atoms with Gasteiger partial charge >= 0.3 is 0 Å². The molecular weight excluding hydrogens is 265 g/mol. The lowest BCUT2D eigenvalue weighted by Crippen LogP contribution is -2.22. The van der Waals surface area contributed by atoms with Gasteiger partial charge in [0, 0.05) is 6.04 Å². The van der Waals surface area contributed by atoms with Crippen LogP contribution in [0.2, 0.25) is 10.0 Å². The van der Waals surface area contributed by atoms with Crippen LogP contribution in [0.5, 0.6) is 0 Å². The van der Waals surface area contributed by atoms with Crippen molar-refractivity contribution in [1.29, 1.82) is 0 Å². The van der Waals surface area contributed by atoms with Crippen LogP contribution in [0, 0.1) is 5.92 Å². The van der Waals surface area contributed by atoms with Gasteiger partial charge in [-0.2, -0.15) is 0 Å². The first kappa shape index (κ1) is 15.8. The highest BCUT2D eigenvalue weighted by Crippen LogP contribution is 2.26. The van der Waals surface area contributed by atoms with E-state index in [9.17, 15) is 0 Å². The fraction of sp³-hybridized carbons (Fsp3) is 0.600. The van der Waals surface area contributed by atoms with Gasteiger partial charge in [0.25, 0.3) is 0 Å². The minimum atomic E-state index is 0.368. The summed E-state index contributed by atoms with van der Waals surface area (Å²) in [7, 11) is 0. The molecule has 0 aromatic heterocycles. The Balaban J connectivity index is 2.52. The normalized spacial score (nSPS) is 13.0. The van der Waals surface area contributed by atoms with Gasteiger partial charge in [-0.05, 0) is 49.4 Å². The van der Waals surface area contributed by atoms with E-state index in [0.29, 0.717) is 16.1 Å². The lowest BCUT2D eigenvalue weighted by atomic mass is 10.0. The summed E-state index contributed by atoms with van der Waals surface area (Å²) in [6.07, 6.45) is 3.54. The smallest absolute Gasteiger partial charge is 0.0595 e. The average Bonchev–Trinajstić information content (AvgIpc) is 2.33. The number of hydrogen-bond acceptors (Lipinski definition) is 1. The van der Waals surface area contributed by atoms with Gasteiger partial charge in [0.05, 0.1) is 10.0 Å². The number of hydrogen-bond donors (Lipinski definition) is 1. The van der Waals surface area contributed by atoms with Crippen molar-refractivity contribution in [1.82, 2.24) is 5.32 Å². The third-order valence-corrected chi connectivity index (χ3v) is 3.84. The Morgan fingerprint density at radius 3 is 2.44 bits per heavy atom. The molecule has 0 saturated carbocycles. The third-order valence-electron chi connectivity index (χ3n) is 3.10. The molecule has 0 fully saturated rings. The van der Waals surface area contributed by atoms with Crippen LogP contribution in [0.4, 0.5) is 0 Å².